The van der Waals surface area contributed by atoms with Crippen molar-refractivity contribution in [2.45, 2.75) is 65.1 Å². The zero-order valence-corrected chi connectivity index (χ0v) is 24.0. The van der Waals surface area contributed by atoms with Crippen molar-refractivity contribution in [3.05, 3.63) is 46.9 Å². The molecule has 2 saturated heterocycles. The van der Waals surface area contributed by atoms with E-state index in [-0.39, 0.29) is 30.0 Å². The zero-order chi connectivity index (χ0) is 28.7. The van der Waals surface area contributed by atoms with Crippen LogP contribution >= 0.6 is 0 Å². The Morgan fingerprint density at radius 1 is 1.15 bits per heavy atom. The van der Waals surface area contributed by atoms with Crippen molar-refractivity contribution in [1.82, 2.24) is 14.9 Å². The minimum atomic E-state index is -0.334. The van der Waals surface area contributed by atoms with Crippen LogP contribution in [0.1, 0.15) is 61.6 Å². The lowest BCUT2D eigenvalue weighted by atomic mass is 9.99. The molecule has 1 N–H and O–H groups in total. The first-order chi connectivity index (χ1) is 19.9. The summed E-state index contributed by atoms with van der Waals surface area (Å²) in [5, 5.41) is 11.9. The molecule has 10 heteroatoms. The van der Waals surface area contributed by atoms with E-state index in [0.29, 0.717) is 90.5 Å². The number of aromatic hydroxyl groups is 1. The van der Waals surface area contributed by atoms with Crippen molar-refractivity contribution in [3.63, 3.8) is 0 Å². The van der Waals surface area contributed by atoms with Crippen molar-refractivity contribution >= 4 is 28.2 Å². The highest BCUT2D eigenvalue weighted by Gasteiger charge is 2.38. The summed E-state index contributed by atoms with van der Waals surface area (Å²) in [6.45, 7) is 10.5. The molecule has 1 amide bonds. The molecule has 218 valence electrons. The Kier molecular flexibility index (Phi) is 7.70. The topological polar surface area (TPSA) is 91.3 Å². The van der Waals surface area contributed by atoms with Gasteiger partial charge in [0.15, 0.2) is 0 Å². The number of nitrogens with zero attached hydrogens (tertiary/aromatic N) is 5. The average molecular weight is 564 g/mol. The Hall–Kier alpha value is -3.50. The van der Waals surface area contributed by atoms with Gasteiger partial charge in [-0.25, -0.2) is 4.39 Å². The second-order valence-corrected chi connectivity index (χ2v) is 11.4. The summed E-state index contributed by atoms with van der Waals surface area (Å²) in [5.41, 5.74) is 1.96. The highest BCUT2D eigenvalue weighted by Crippen LogP contribution is 2.41. The number of fused-ring (bicyclic) bond motifs is 2. The fourth-order valence-electron chi connectivity index (χ4n) is 6.53. The highest BCUT2D eigenvalue weighted by molar-refractivity contribution is 6.16. The quantitative estimate of drug-likeness (QED) is 0.443. The number of likely N-dealkylation sites (tertiary alicyclic amines) is 1. The van der Waals surface area contributed by atoms with Crippen LogP contribution in [0.25, 0.3) is 10.8 Å². The first-order valence-corrected chi connectivity index (χ1v) is 14.7. The van der Waals surface area contributed by atoms with Crippen molar-refractivity contribution in [2.24, 2.45) is 0 Å². The molecule has 2 aromatic carbocycles. The molecule has 0 radical (unpaired) electrons. The first-order valence-electron chi connectivity index (χ1n) is 14.7. The number of ether oxygens (including phenoxy) is 2. The molecule has 41 heavy (non-hydrogen) atoms. The average Bonchev–Trinajstić information content (AvgIpc) is 3.45. The Labute approximate surface area is 239 Å². The molecule has 1 atom stereocenters. The van der Waals surface area contributed by atoms with Crippen molar-refractivity contribution in [1.29, 1.82) is 0 Å². The van der Waals surface area contributed by atoms with E-state index in [4.69, 9.17) is 19.4 Å². The maximum Gasteiger partial charge on any atom is 0.318 e. The number of halogens is 1. The van der Waals surface area contributed by atoms with Gasteiger partial charge in [-0.05, 0) is 69.2 Å². The Bertz CT molecular complexity index is 1460. The number of benzene rings is 2. The van der Waals surface area contributed by atoms with Crippen molar-refractivity contribution in [2.75, 3.05) is 49.3 Å². The highest BCUT2D eigenvalue weighted by atomic mass is 19.1. The van der Waals surface area contributed by atoms with Crippen LogP contribution in [-0.2, 0) is 17.7 Å². The van der Waals surface area contributed by atoms with Gasteiger partial charge in [0.2, 0.25) is 0 Å². The first kappa shape index (κ1) is 27.7. The normalized spacial score (nSPS) is 19.8. The van der Waals surface area contributed by atoms with E-state index >= 15 is 0 Å². The van der Waals surface area contributed by atoms with E-state index in [0.717, 1.165) is 25.8 Å². The summed E-state index contributed by atoms with van der Waals surface area (Å²) >= 11 is 0. The summed E-state index contributed by atoms with van der Waals surface area (Å²) in [5.74, 6) is -0.0523. The number of rotatable bonds is 7. The predicted molar refractivity (Wildman–Crippen MR) is 156 cm³/mol. The number of aromatic nitrogens is 2. The molecule has 1 aromatic heterocycles. The lowest BCUT2D eigenvalue weighted by Gasteiger charge is -2.28. The van der Waals surface area contributed by atoms with Crippen LogP contribution in [-0.4, -0.2) is 77.4 Å². The summed E-state index contributed by atoms with van der Waals surface area (Å²) in [4.78, 5) is 29.8. The summed E-state index contributed by atoms with van der Waals surface area (Å²) < 4.78 is 26.8. The molecule has 3 aliphatic heterocycles. The van der Waals surface area contributed by atoms with E-state index in [9.17, 15) is 14.3 Å². The van der Waals surface area contributed by atoms with Crippen LogP contribution in [0.2, 0.25) is 0 Å². The fraction of sp³-hybridized carbons (Fsp3) is 0.516. The number of anilines is 2. The molecular weight excluding hydrogens is 525 g/mol. The maximum absolute atomic E-state index is 14.9. The molecule has 0 bridgehead atoms. The Balaban J connectivity index is 1.40. The zero-order valence-electron chi connectivity index (χ0n) is 24.0. The molecule has 3 aromatic rings. The number of phenols is 1. The van der Waals surface area contributed by atoms with Crippen LogP contribution < -0.4 is 14.5 Å². The number of phenolic OH excluding ortho intramolecular Hbond substituents is 1. The van der Waals surface area contributed by atoms with Gasteiger partial charge in [-0.15, -0.1) is 0 Å². The van der Waals surface area contributed by atoms with E-state index < -0.39 is 0 Å². The van der Waals surface area contributed by atoms with Crippen LogP contribution in [0.5, 0.6) is 11.8 Å². The second-order valence-electron chi connectivity index (χ2n) is 11.4. The molecule has 0 aliphatic carbocycles. The van der Waals surface area contributed by atoms with Crippen LogP contribution in [0, 0.1) is 5.82 Å². The number of amides is 1. The van der Waals surface area contributed by atoms with Gasteiger partial charge in [-0.1, -0.05) is 13.0 Å². The number of hydrogen-bond acceptors (Lipinski definition) is 8. The van der Waals surface area contributed by atoms with Gasteiger partial charge in [0, 0.05) is 43.2 Å². The van der Waals surface area contributed by atoms with Gasteiger partial charge in [0.1, 0.15) is 29.6 Å². The molecule has 0 spiro atoms. The minimum absolute atomic E-state index is 0.0104. The van der Waals surface area contributed by atoms with Gasteiger partial charge >= 0.3 is 6.01 Å². The molecule has 4 heterocycles. The van der Waals surface area contributed by atoms with Crippen molar-refractivity contribution < 1.29 is 23.8 Å². The molecule has 1 unspecified atom stereocenters. The van der Waals surface area contributed by atoms with Crippen LogP contribution in [0.4, 0.5) is 15.9 Å². The number of carbonyl (C=O) groups excluding carboxylic acids is 1. The van der Waals surface area contributed by atoms with E-state index in [1.165, 1.54) is 12.1 Å². The smallest absolute Gasteiger partial charge is 0.318 e. The molecule has 6 rings (SSSR count). The predicted octanol–water partition coefficient (Wildman–Crippen LogP) is 4.68. The van der Waals surface area contributed by atoms with E-state index in [1.807, 2.05) is 6.92 Å². The Morgan fingerprint density at radius 2 is 2.00 bits per heavy atom. The van der Waals surface area contributed by atoms with Crippen molar-refractivity contribution in [3.8, 4) is 11.8 Å². The molecular formula is C31H38FN5O4. The van der Waals surface area contributed by atoms with Gasteiger partial charge < -0.3 is 24.4 Å². The van der Waals surface area contributed by atoms with E-state index in [2.05, 4.69) is 23.6 Å². The lowest BCUT2D eigenvalue weighted by molar-refractivity contribution is 0.0996. The standard InChI is InChI=1S/C31H38FN5O4/c1-4-23-24(32)9-8-20-15-22(38)16-26(27(20)23)37-17-25-28(30(37)39)29(35-10-6-13-40-14-12-35)34-31(33-25)41-18-21-7-5-11-36(21)19(2)3/h8-9,15-16,19,21,38H,4-7,10-14,17-18H2,1-3H3. The number of aryl methyl sites for hydroxylation is 1. The van der Waals surface area contributed by atoms with Crippen LogP contribution in [0.15, 0.2) is 24.3 Å². The van der Waals surface area contributed by atoms with Gasteiger partial charge in [0.25, 0.3) is 5.91 Å². The molecule has 9 nitrogen and oxygen atoms in total. The SMILES string of the molecule is CCc1c(F)ccc2cc(O)cc(N3Cc4nc(OCC5CCCN5C(C)C)nc(N5CCCOCC5)c4C3=O)c12. The monoisotopic (exact) mass is 563 g/mol. The third-order valence-electron chi connectivity index (χ3n) is 8.50. The number of carbonyl (C=O) groups is 1. The summed E-state index contributed by atoms with van der Waals surface area (Å²) in [7, 11) is 0. The third kappa shape index (κ3) is 5.19. The lowest BCUT2D eigenvalue weighted by Crippen LogP contribution is -2.39. The van der Waals surface area contributed by atoms with E-state index in [1.54, 1.807) is 17.0 Å². The third-order valence-corrected chi connectivity index (χ3v) is 8.50. The summed E-state index contributed by atoms with van der Waals surface area (Å²) in [6.07, 6.45) is 3.46. The second kappa shape index (κ2) is 11.4. The summed E-state index contributed by atoms with van der Waals surface area (Å²) in [6, 6.07) is 7.17. The van der Waals surface area contributed by atoms with Gasteiger partial charge in [-0.2, -0.15) is 9.97 Å². The Morgan fingerprint density at radius 3 is 2.80 bits per heavy atom. The minimum Gasteiger partial charge on any atom is -0.508 e. The van der Waals surface area contributed by atoms with Gasteiger partial charge in [-0.3, -0.25) is 9.69 Å². The van der Waals surface area contributed by atoms with Crippen LogP contribution in [0.3, 0.4) is 0 Å². The molecule has 3 aliphatic rings. The molecule has 2 fully saturated rings. The number of hydrogen-bond donors (Lipinski definition) is 1. The maximum atomic E-state index is 14.9. The largest absolute Gasteiger partial charge is 0.508 e. The fourth-order valence-corrected chi connectivity index (χ4v) is 6.53. The molecule has 0 saturated carbocycles. The van der Waals surface area contributed by atoms with Gasteiger partial charge in [0.05, 0.1) is 24.5 Å².